The minimum absolute atomic E-state index is 0.0283. The number of hydrogen-bond acceptors (Lipinski definition) is 3. The largest absolute Gasteiger partial charge is 0.466 e. The number of nitrogens with two attached hydrogens (primary N) is 1. The predicted octanol–water partition coefficient (Wildman–Crippen LogP) is 3.24. The molecule has 3 aliphatic carbocycles. The van der Waals surface area contributed by atoms with Crippen LogP contribution in [0.2, 0.25) is 0 Å². The standard InChI is InChI=1S/C20H22BrNO3/c1-2-25-17(23)16-14-7-8-15(19(14)9-10-19)20(16,18(22)24)11-12-3-5-13(21)6-4-12/h3-8,14-16H,2,9-11H2,1H3,(H2,22,24)/t14-,15+,16+,20-/m1/s1. The molecule has 0 aromatic heterocycles. The van der Waals surface area contributed by atoms with Crippen LogP contribution in [0.15, 0.2) is 40.9 Å². The first-order valence-corrected chi connectivity index (χ1v) is 9.64. The molecule has 0 saturated heterocycles. The third-order valence-electron chi connectivity index (χ3n) is 6.50. The van der Waals surface area contributed by atoms with Gasteiger partial charge in [-0.2, -0.15) is 0 Å². The molecule has 0 aliphatic heterocycles. The molecule has 25 heavy (non-hydrogen) atoms. The summed E-state index contributed by atoms with van der Waals surface area (Å²) in [5.74, 6) is -1.04. The molecule has 1 aromatic rings. The highest BCUT2D eigenvalue weighted by Gasteiger charge is 2.76. The van der Waals surface area contributed by atoms with Gasteiger partial charge in [0.1, 0.15) is 0 Å². The van der Waals surface area contributed by atoms with Crippen LogP contribution >= 0.6 is 15.9 Å². The fourth-order valence-electron chi connectivity index (χ4n) is 5.39. The Morgan fingerprint density at radius 3 is 2.48 bits per heavy atom. The van der Waals surface area contributed by atoms with E-state index >= 15 is 0 Å². The molecule has 132 valence electrons. The van der Waals surface area contributed by atoms with Crippen LogP contribution in [0.4, 0.5) is 0 Å². The Balaban J connectivity index is 1.80. The number of ether oxygens (including phenoxy) is 1. The van der Waals surface area contributed by atoms with Gasteiger partial charge < -0.3 is 10.5 Å². The molecular formula is C20H22BrNO3. The van der Waals surface area contributed by atoms with E-state index in [0.717, 1.165) is 22.9 Å². The minimum Gasteiger partial charge on any atom is -0.466 e. The van der Waals surface area contributed by atoms with Crippen LogP contribution in [0.1, 0.15) is 25.3 Å². The maximum Gasteiger partial charge on any atom is 0.310 e. The Labute approximate surface area is 155 Å². The van der Waals surface area contributed by atoms with Gasteiger partial charge in [0.25, 0.3) is 0 Å². The lowest BCUT2D eigenvalue weighted by molar-refractivity contribution is -0.158. The lowest BCUT2D eigenvalue weighted by Crippen LogP contribution is -2.51. The molecular weight excluding hydrogens is 382 g/mol. The number of amides is 1. The molecule has 3 aliphatic rings. The predicted molar refractivity (Wildman–Crippen MR) is 97.4 cm³/mol. The van der Waals surface area contributed by atoms with Crippen molar-refractivity contribution in [1.82, 2.24) is 0 Å². The summed E-state index contributed by atoms with van der Waals surface area (Å²) in [6, 6.07) is 7.90. The summed E-state index contributed by atoms with van der Waals surface area (Å²) in [7, 11) is 0. The van der Waals surface area contributed by atoms with Crippen molar-refractivity contribution in [2.45, 2.75) is 26.2 Å². The van der Waals surface area contributed by atoms with Crippen LogP contribution in [0.5, 0.6) is 0 Å². The monoisotopic (exact) mass is 403 g/mol. The molecule has 1 amide bonds. The lowest BCUT2D eigenvalue weighted by atomic mass is 9.64. The van der Waals surface area contributed by atoms with Crippen LogP contribution < -0.4 is 5.73 Å². The summed E-state index contributed by atoms with van der Waals surface area (Å²) < 4.78 is 6.36. The molecule has 0 unspecified atom stereocenters. The second kappa shape index (κ2) is 5.70. The summed E-state index contributed by atoms with van der Waals surface area (Å²) in [5, 5.41) is 0. The summed E-state index contributed by atoms with van der Waals surface area (Å²) in [5.41, 5.74) is 6.15. The highest BCUT2D eigenvalue weighted by Crippen LogP contribution is 2.76. The van der Waals surface area contributed by atoms with E-state index in [-0.39, 0.29) is 29.1 Å². The molecule has 2 fully saturated rings. The van der Waals surface area contributed by atoms with Crippen LogP contribution in [-0.2, 0) is 20.7 Å². The Morgan fingerprint density at radius 1 is 1.24 bits per heavy atom. The smallest absolute Gasteiger partial charge is 0.310 e. The number of esters is 1. The highest BCUT2D eigenvalue weighted by molar-refractivity contribution is 9.10. The molecule has 1 aromatic carbocycles. The molecule has 2 N–H and O–H groups in total. The van der Waals surface area contributed by atoms with Crippen LogP contribution in [-0.4, -0.2) is 18.5 Å². The van der Waals surface area contributed by atoms with Crippen molar-refractivity contribution in [3.63, 3.8) is 0 Å². The molecule has 0 radical (unpaired) electrons. The van der Waals surface area contributed by atoms with Crippen molar-refractivity contribution in [2.75, 3.05) is 6.61 Å². The molecule has 4 atom stereocenters. The van der Waals surface area contributed by atoms with E-state index in [9.17, 15) is 9.59 Å². The molecule has 4 rings (SSSR count). The van der Waals surface area contributed by atoms with Gasteiger partial charge in [-0.25, -0.2) is 0 Å². The second-order valence-corrected chi connectivity index (χ2v) is 8.47. The lowest BCUT2D eigenvalue weighted by Gasteiger charge is -2.38. The Kier molecular flexibility index (Phi) is 3.83. The van der Waals surface area contributed by atoms with Gasteiger partial charge in [0.15, 0.2) is 0 Å². The fraction of sp³-hybridized carbons (Fsp3) is 0.500. The summed E-state index contributed by atoms with van der Waals surface area (Å²) >= 11 is 3.44. The average molecular weight is 404 g/mol. The quantitative estimate of drug-likeness (QED) is 0.605. The van der Waals surface area contributed by atoms with Crippen molar-refractivity contribution in [2.24, 2.45) is 34.3 Å². The third-order valence-corrected chi connectivity index (χ3v) is 7.03. The van der Waals surface area contributed by atoms with Gasteiger partial charge >= 0.3 is 5.97 Å². The molecule has 5 heteroatoms. The van der Waals surface area contributed by atoms with Gasteiger partial charge in [-0.1, -0.05) is 40.2 Å². The number of halogens is 1. The van der Waals surface area contributed by atoms with Crippen molar-refractivity contribution in [3.8, 4) is 0 Å². The average Bonchev–Trinajstić information content (AvgIpc) is 3.24. The number of rotatable bonds is 5. The van der Waals surface area contributed by atoms with Gasteiger partial charge in [0, 0.05) is 4.47 Å². The third kappa shape index (κ3) is 2.24. The SMILES string of the molecule is CCOC(=O)[C@@H]1[C@H]2C=C[C@@H](C23CC3)[C@@]1(Cc1ccc(Br)cc1)C(N)=O. The van der Waals surface area contributed by atoms with Crippen molar-refractivity contribution in [1.29, 1.82) is 0 Å². The maximum absolute atomic E-state index is 12.8. The first kappa shape index (κ1) is 16.8. The first-order chi connectivity index (χ1) is 12.0. The van der Waals surface area contributed by atoms with Crippen molar-refractivity contribution in [3.05, 3.63) is 46.5 Å². The van der Waals surface area contributed by atoms with Gasteiger partial charge in [0.2, 0.25) is 5.91 Å². The zero-order chi connectivity index (χ0) is 17.8. The van der Waals surface area contributed by atoms with Gasteiger partial charge in [-0.3, -0.25) is 9.59 Å². The number of benzene rings is 1. The van der Waals surface area contributed by atoms with Gasteiger partial charge in [-0.05, 0) is 61.1 Å². The fourth-order valence-corrected chi connectivity index (χ4v) is 5.66. The molecule has 1 spiro atoms. The normalized spacial score (nSPS) is 33.6. The topological polar surface area (TPSA) is 69.4 Å². The van der Waals surface area contributed by atoms with Gasteiger partial charge in [-0.15, -0.1) is 0 Å². The van der Waals surface area contributed by atoms with E-state index in [1.54, 1.807) is 6.92 Å². The van der Waals surface area contributed by atoms with Crippen molar-refractivity contribution < 1.29 is 14.3 Å². The van der Waals surface area contributed by atoms with E-state index < -0.39 is 11.3 Å². The van der Waals surface area contributed by atoms with Crippen LogP contribution in [0.3, 0.4) is 0 Å². The van der Waals surface area contributed by atoms with Crippen molar-refractivity contribution >= 4 is 27.8 Å². The number of carbonyl (C=O) groups is 2. The molecule has 2 bridgehead atoms. The van der Waals surface area contributed by atoms with E-state index in [0.29, 0.717) is 13.0 Å². The highest BCUT2D eigenvalue weighted by atomic mass is 79.9. The first-order valence-electron chi connectivity index (χ1n) is 8.85. The minimum atomic E-state index is -0.893. The number of primary amides is 1. The summed E-state index contributed by atoms with van der Waals surface area (Å²) in [6.45, 7) is 2.12. The number of allylic oxidation sites excluding steroid dienone is 2. The van der Waals surface area contributed by atoms with Gasteiger partial charge in [0.05, 0.1) is 17.9 Å². The molecule has 0 heterocycles. The molecule has 2 saturated carbocycles. The maximum atomic E-state index is 12.8. The van der Waals surface area contributed by atoms with E-state index in [2.05, 4.69) is 28.1 Å². The van der Waals surface area contributed by atoms with E-state index in [1.807, 2.05) is 24.3 Å². The molecule has 4 nitrogen and oxygen atoms in total. The number of carbonyl (C=O) groups excluding carboxylic acids is 2. The van der Waals surface area contributed by atoms with E-state index in [4.69, 9.17) is 10.5 Å². The van der Waals surface area contributed by atoms with Crippen LogP contribution in [0.25, 0.3) is 0 Å². The second-order valence-electron chi connectivity index (χ2n) is 7.56. The Bertz CT molecular complexity index is 753. The van der Waals surface area contributed by atoms with Crippen LogP contribution in [0, 0.1) is 28.6 Å². The summed E-state index contributed by atoms with van der Waals surface area (Å²) in [6.07, 6.45) is 6.85. The van der Waals surface area contributed by atoms with E-state index in [1.165, 1.54) is 0 Å². The zero-order valence-electron chi connectivity index (χ0n) is 14.2. The Hall–Kier alpha value is -1.62. The summed E-state index contributed by atoms with van der Waals surface area (Å²) in [4.78, 5) is 25.6. The zero-order valence-corrected chi connectivity index (χ0v) is 15.8. The number of hydrogen-bond donors (Lipinski definition) is 1. The Morgan fingerprint density at radius 2 is 1.92 bits per heavy atom.